The molecular weight excluding hydrogens is 154 g/mol. The molecule has 0 spiro atoms. The van der Waals surface area contributed by atoms with E-state index in [1.54, 1.807) is 0 Å². The van der Waals surface area contributed by atoms with Crippen LogP contribution in [0.1, 0.15) is 5.69 Å². The van der Waals surface area contributed by atoms with E-state index in [0.717, 1.165) is 18.8 Å². The van der Waals surface area contributed by atoms with Gasteiger partial charge in [-0.2, -0.15) is 0 Å². The summed E-state index contributed by atoms with van der Waals surface area (Å²) in [5.74, 6) is 0. The van der Waals surface area contributed by atoms with E-state index < -0.39 is 0 Å². The third kappa shape index (κ3) is 2.60. The molecule has 0 aromatic carbocycles. The first-order valence-corrected chi connectivity index (χ1v) is 3.96. The number of hydrogen-bond donors (Lipinski definition) is 1. The van der Waals surface area contributed by atoms with Crippen LogP contribution in [0.25, 0.3) is 0 Å². The fourth-order valence-electron chi connectivity index (χ4n) is 0.844. The second kappa shape index (κ2) is 4.18. The maximum absolute atomic E-state index is 5.39. The largest absolute Gasteiger partial charge is 0.325 e. The molecule has 1 aromatic rings. The first-order chi connectivity index (χ1) is 5.72. The molecule has 12 heavy (non-hydrogen) atoms. The van der Waals surface area contributed by atoms with Crippen molar-refractivity contribution in [2.45, 2.75) is 13.1 Å². The van der Waals surface area contributed by atoms with Crippen LogP contribution in [-0.4, -0.2) is 40.5 Å². The molecule has 0 unspecified atom stereocenters. The van der Waals surface area contributed by atoms with E-state index in [2.05, 4.69) is 15.2 Å². The van der Waals surface area contributed by atoms with Gasteiger partial charge in [-0.3, -0.25) is 4.68 Å². The number of rotatable bonds is 4. The van der Waals surface area contributed by atoms with E-state index in [4.69, 9.17) is 5.73 Å². The lowest BCUT2D eigenvalue weighted by Gasteiger charge is -2.07. The van der Waals surface area contributed by atoms with Crippen LogP contribution in [0.5, 0.6) is 0 Å². The highest BCUT2D eigenvalue weighted by Gasteiger charge is 1.97. The SMILES string of the molecule is CN(C)CCn1cc(CN)nn1. The van der Waals surface area contributed by atoms with Gasteiger partial charge in [-0.1, -0.05) is 5.21 Å². The van der Waals surface area contributed by atoms with Gasteiger partial charge in [0, 0.05) is 19.3 Å². The Morgan fingerprint density at radius 2 is 2.33 bits per heavy atom. The first-order valence-electron chi connectivity index (χ1n) is 3.96. The van der Waals surface area contributed by atoms with Crippen molar-refractivity contribution in [3.8, 4) is 0 Å². The van der Waals surface area contributed by atoms with E-state index >= 15 is 0 Å². The summed E-state index contributed by atoms with van der Waals surface area (Å²) < 4.78 is 1.81. The molecule has 0 fully saturated rings. The molecule has 0 saturated carbocycles. The van der Waals surface area contributed by atoms with Gasteiger partial charge in [-0.05, 0) is 14.1 Å². The Morgan fingerprint density at radius 1 is 1.58 bits per heavy atom. The van der Waals surface area contributed by atoms with Crippen molar-refractivity contribution < 1.29 is 0 Å². The van der Waals surface area contributed by atoms with Gasteiger partial charge in [0.2, 0.25) is 0 Å². The van der Waals surface area contributed by atoms with E-state index in [1.807, 2.05) is 25.0 Å². The summed E-state index contributed by atoms with van der Waals surface area (Å²) in [6.07, 6.45) is 1.88. The van der Waals surface area contributed by atoms with Crippen LogP contribution in [0.4, 0.5) is 0 Å². The monoisotopic (exact) mass is 169 g/mol. The number of aromatic nitrogens is 3. The van der Waals surface area contributed by atoms with Crippen LogP contribution in [-0.2, 0) is 13.1 Å². The number of nitrogens with zero attached hydrogens (tertiary/aromatic N) is 4. The van der Waals surface area contributed by atoms with Crippen molar-refractivity contribution in [1.82, 2.24) is 19.9 Å². The van der Waals surface area contributed by atoms with Crippen LogP contribution < -0.4 is 5.73 Å². The Labute approximate surface area is 72.2 Å². The molecule has 2 N–H and O–H groups in total. The summed E-state index contributed by atoms with van der Waals surface area (Å²) in [6, 6.07) is 0. The molecule has 1 rings (SSSR count). The van der Waals surface area contributed by atoms with Crippen molar-refractivity contribution in [2.24, 2.45) is 5.73 Å². The van der Waals surface area contributed by atoms with Crippen molar-refractivity contribution >= 4 is 0 Å². The Bertz CT molecular complexity index is 229. The summed E-state index contributed by atoms with van der Waals surface area (Å²) >= 11 is 0. The molecule has 0 aliphatic heterocycles. The summed E-state index contributed by atoms with van der Waals surface area (Å²) in [5, 5.41) is 7.80. The zero-order valence-corrected chi connectivity index (χ0v) is 7.56. The topological polar surface area (TPSA) is 60.0 Å². The van der Waals surface area contributed by atoms with Gasteiger partial charge < -0.3 is 10.6 Å². The highest BCUT2D eigenvalue weighted by molar-refractivity contribution is 4.90. The van der Waals surface area contributed by atoms with Crippen molar-refractivity contribution in [3.63, 3.8) is 0 Å². The molecule has 0 saturated heterocycles. The molecule has 0 aliphatic rings. The molecule has 1 heterocycles. The first kappa shape index (κ1) is 9.15. The zero-order chi connectivity index (χ0) is 8.97. The number of likely N-dealkylation sites (N-methyl/N-ethyl adjacent to an activating group) is 1. The average Bonchev–Trinajstić information content (AvgIpc) is 2.48. The maximum atomic E-state index is 5.39. The standard InChI is InChI=1S/C7H15N5/c1-11(2)3-4-12-6-7(5-8)9-10-12/h6H,3-5,8H2,1-2H3. The fraction of sp³-hybridized carbons (Fsp3) is 0.714. The van der Waals surface area contributed by atoms with Crippen LogP contribution in [0, 0.1) is 0 Å². The van der Waals surface area contributed by atoms with Gasteiger partial charge in [0.15, 0.2) is 0 Å². The highest BCUT2D eigenvalue weighted by atomic mass is 15.4. The van der Waals surface area contributed by atoms with Gasteiger partial charge in [0.25, 0.3) is 0 Å². The normalized spacial score (nSPS) is 11.0. The van der Waals surface area contributed by atoms with Crippen LogP contribution in [0.15, 0.2) is 6.20 Å². The predicted octanol–water partition coefficient (Wildman–Crippen LogP) is -0.702. The van der Waals surface area contributed by atoms with E-state index in [0.29, 0.717) is 6.54 Å². The van der Waals surface area contributed by atoms with Crippen molar-refractivity contribution in [3.05, 3.63) is 11.9 Å². The van der Waals surface area contributed by atoms with E-state index in [9.17, 15) is 0 Å². The highest BCUT2D eigenvalue weighted by Crippen LogP contribution is 1.90. The minimum atomic E-state index is 0.460. The predicted molar refractivity (Wildman–Crippen MR) is 46.5 cm³/mol. The average molecular weight is 169 g/mol. The summed E-state index contributed by atoms with van der Waals surface area (Å²) in [6.45, 7) is 2.29. The van der Waals surface area contributed by atoms with Crippen molar-refractivity contribution in [1.29, 1.82) is 0 Å². The number of hydrogen-bond acceptors (Lipinski definition) is 4. The Kier molecular flexibility index (Phi) is 3.19. The molecule has 1 aromatic heterocycles. The minimum Gasteiger partial charge on any atom is -0.325 e. The minimum absolute atomic E-state index is 0.460. The fourth-order valence-corrected chi connectivity index (χ4v) is 0.844. The molecular formula is C7H15N5. The van der Waals surface area contributed by atoms with Gasteiger partial charge in [-0.15, -0.1) is 5.10 Å². The van der Waals surface area contributed by atoms with Gasteiger partial charge >= 0.3 is 0 Å². The zero-order valence-electron chi connectivity index (χ0n) is 7.56. The van der Waals surface area contributed by atoms with Gasteiger partial charge in [-0.25, -0.2) is 0 Å². The smallest absolute Gasteiger partial charge is 0.0962 e. The van der Waals surface area contributed by atoms with E-state index in [-0.39, 0.29) is 0 Å². The van der Waals surface area contributed by atoms with Crippen LogP contribution in [0.3, 0.4) is 0 Å². The van der Waals surface area contributed by atoms with Crippen LogP contribution >= 0.6 is 0 Å². The summed E-state index contributed by atoms with van der Waals surface area (Å²) in [5.41, 5.74) is 6.23. The van der Waals surface area contributed by atoms with Crippen molar-refractivity contribution in [2.75, 3.05) is 20.6 Å². The second-order valence-corrected chi connectivity index (χ2v) is 2.98. The lowest BCUT2D eigenvalue weighted by atomic mass is 10.5. The molecule has 5 nitrogen and oxygen atoms in total. The Balaban J connectivity index is 2.41. The molecule has 0 atom stereocenters. The number of nitrogens with two attached hydrogens (primary N) is 1. The molecule has 5 heteroatoms. The summed E-state index contributed by atoms with van der Waals surface area (Å²) in [7, 11) is 4.06. The quantitative estimate of drug-likeness (QED) is 0.647. The van der Waals surface area contributed by atoms with Crippen LogP contribution in [0.2, 0.25) is 0 Å². The van der Waals surface area contributed by atoms with Gasteiger partial charge in [0.1, 0.15) is 0 Å². The third-order valence-electron chi connectivity index (χ3n) is 1.57. The molecule has 0 radical (unpaired) electrons. The molecule has 0 bridgehead atoms. The molecule has 0 aliphatic carbocycles. The molecule has 0 amide bonds. The van der Waals surface area contributed by atoms with E-state index in [1.165, 1.54) is 0 Å². The molecule has 68 valence electrons. The second-order valence-electron chi connectivity index (χ2n) is 2.98. The summed E-state index contributed by atoms with van der Waals surface area (Å²) in [4.78, 5) is 2.10. The lowest BCUT2D eigenvalue weighted by Crippen LogP contribution is -2.18. The Morgan fingerprint density at radius 3 is 2.83 bits per heavy atom. The third-order valence-corrected chi connectivity index (χ3v) is 1.57. The maximum Gasteiger partial charge on any atom is 0.0962 e. The Hall–Kier alpha value is -0.940. The van der Waals surface area contributed by atoms with Gasteiger partial charge in [0.05, 0.1) is 12.2 Å². The lowest BCUT2D eigenvalue weighted by molar-refractivity contribution is 0.370.